The number of carbonyl (C=O) groups is 1. The van der Waals surface area contributed by atoms with Crippen LogP contribution in [-0.4, -0.2) is 18.0 Å². The van der Waals surface area contributed by atoms with E-state index in [0.29, 0.717) is 12.5 Å². The third-order valence-electron chi connectivity index (χ3n) is 4.84. The van der Waals surface area contributed by atoms with E-state index in [1.807, 2.05) is 6.92 Å². The van der Waals surface area contributed by atoms with Gasteiger partial charge in [0.2, 0.25) is 0 Å². The van der Waals surface area contributed by atoms with E-state index in [9.17, 15) is 4.79 Å². The van der Waals surface area contributed by atoms with Gasteiger partial charge < -0.3 is 4.74 Å². The van der Waals surface area contributed by atoms with Crippen LogP contribution in [0.1, 0.15) is 71.6 Å². The molecule has 0 radical (unpaired) electrons. The molecular weight excluding hydrogens is 224 g/mol. The molecule has 18 heavy (non-hydrogen) atoms. The Morgan fingerprint density at radius 3 is 2.61 bits per heavy atom. The molecular formula is C16H28O2. The first-order valence-corrected chi connectivity index (χ1v) is 7.89. The highest BCUT2D eigenvalue weighted by atomic mass is 16.5. The van der Waals surface area contributed by atoms with Gasteiger partial charge in [0.25, 0.3) is 0 Å². The summed E-state index contributed by atoms with van der Waals surface area (Å²) in [6, 6.07) is 0. The Kier molecular flexibility index (Phi) is 5.23. The van der Waals surface area contributed by atoms with Gasteiger partial charge in [0.1, 0.15) is 6.10 Å². The molecule has 2 nitrogen and oxygen atoms in total. The van der Waals surface area contributed by atoms with Gasteiger partial charge in [-0.3, -0.25) is 4.79 Å². The van der Waals surface area contributed by atoms with Crippen molar-refractivity contribution in [1.82, 2.24) is 0 Å². The van der Waals surface area contributed by atoms with E-state index < -0.39 is 0 Å². The van der Waals surface area contributed by atoms with Gasteiger partial charge in [0.05, 0.1) is 6.10 Å². The normalized spacial score (nSPS) is 33.8. The van der Waals surface area contributed by atoms with Crippen molar-refractivity contribution < 1.29 is 9.53 Å². The number of hydrogen-bond donors (Lipinski definition) is 0. The van der Waals surface area contributed by atoms with E-state index in [-0.39, 0.29) is 11.9 Å². The fraction of sp³-hybridized carbons (Fsp3) is 0.938. The van der Waals surface area contributed by atoms with Crippen molar-refractivity contribution in [2.45, 2.75) is 83.8 Å². The summed E-state index contributed by atoms with van der Waals surface area (Å²) in [5.74, 6) is 2.12. The van der Waals surface area contributed by atoms with Gasteiger partial charge in [-0.25, -0.2) is 0 Å². The molecule has 2 rings (SSSR count). The van der Waals surface area contributed by atoms with E-state index in [4.69, 9.17) is 4.74 Å². The fourth-order valence-electron chi connectivity index (χ4n) is 3.77. The van der Waals surface area contributed by atoms with Gasteiger partial charge in [-0.05, 0) is 44.4 Å². The average molecular weight is 252 g/mol. The summed E-state index contributed by atoms with van der Waals surface area (Å²) in [7, 11) is 0. The predicted octanol–water partition coefficient (Wildman–Crippen LogP) is 4.12. The molecule has 2 heteroatoms. The molecule has 0 bridgehead atoms. The van der Waals surface area contributed by atoms with Crippen molar-refractivity contribution in [3.63, 3.8) is 0 Å². The molecule has 0 N–H and O–H groups in total. The Balaban J connectivity index is 1.78. The molecule has 0 spiro atoms. The van der Waals surface area contributed by atoms with Gasteiger partial charge in [-0.15, -0.1) is 0 Å². The molecule has 0 amide bonds. The van der Waals surface area contributed by atoms with Crippen molar-refractivity contribution in [2.24, 2.45) is 11.8 Å². The van der Waals surface area contributed by atoms with E-state index in [1.54, 1.807) is 0 Å². The topological polar surface area (TPSA) is 26.3 Å². The molecule has 0 aromatic carbocycles. The molecule has 4 unspecified atom stereocenters. The average Bonchev–Trinajstić information content (AvgIpc) is 2.39. The SMILES string of the molecule is CCCC(=O)C(C)OC1CCC2CCCCC2C1. The first kappa shape index (κ1) is 14.0. The Bertz CT molecular complexity index is 274. The molecule has 2 aliphatic rings. The third-order valence-corrected chi connectivity index (χ3v) is 4.84. The van der Waals surface area contributed by atoms with Gasteiger partial charge in [-0.2, -0.15) is 0 Å². The lowest BCUT2D eigenvalue weighted by atomic mass is 9.70. The molecule has 0 aliphatic heterocycles. The summed E-state index contributed by atoms with van der Waals surface area (Å²) in [6.07, 6.45) is 11.1. The van der Waals surface area contributed by atoms with Crippen LogP contribution in [0.4, 0.5) is 0 Å². The maximum absolute atomic E-state index is 11.8. The molecule has 2 aliphatic carbocycles. The maximum Gasteiger partial charge on any atom is 0.161 e. The molecule has 0 saturated heterocycles. The summed E-state index contributed by atoms with van der Waals surface area (Å²) in [5.41, 5.74) is 0. The van der Waals surface area contributed by atoms with E-state index in [1.165, 1.54) is 44.9 Å². The number of carbonyl (C=O) groups excluding carboxylic acids is 1. The van der Waals surface area contributed by atoms with Gasteiger partial charge >= 0.3 is 0 Å². The second-order valence-corrected chi connectivity index (χ2v) is 6.23. The number of ketones is 1. The highest BCUT2D eigenvalue weighted by Crippen LogP contribution is 2.41. The minimum atomic E-state index is -0.185. The molecule has 0 heterocycles. The maximum atomic E-state index is 11.8. The number of fused-ring (bicyclic) bond motifs is 1. The van der Waals surface area contributed by atoms with Crippen molar-refractivity contribution >= 4 is 5.78 Å². The van der Waals surface area contributed by atoms with Crippen LogP contribution in [0.15, 0.2) is 0 Å². The highest BCUT2D eigenvalue weighted by molar-refractivity contribution is 5.82. The van der Waals surface area contributed by atoms with Crippen LogP contribution in [0, 0.1) is 11.8 Å². The third kappa shape index (κ3) is 3.57. The molecule has 0 aromatic heterocycles. The van der Waals surface area contributed by atoms with Crippen LogP contribution in [-0.2, 0) is 9.53 Å². The minimum Gasteiger partial charge on any atom is -0.368 e. The molecule has 2 fully saturated rings. The zero-order valence-corrected chi connectivity index (χ0v) is 12.0. The van der Waals surface area contributed by atoms with Crippen molar-refractivity contribution in [3.8, 4) is 0 Å². The lowest BCUT2D eigenvalue weighted by molar-refractivity contribution is -0.136. The zero-order chi connectivity index (χ0) is 13.0. The summed E-state index contributed by atoms with van der Waals surface area (Å²) in [6.45, 7) is 3.99. The van der Waals surface area contributed by atoms with Crippen molar-refractivity contribution in [3.05, 3.63) is 0 Å². The lowest BCUT2D eigenvalue weighted by Crippen LogP contribution is -2.35. The highest BCUT2D eigenvalue weighted by Gasteiger charge is 2.33. The second kappa shape index (κ2) is 6.70. The van der Waals surface area contributed by atoms with Crippen molar-refractivity contribution in [1.29, 1.82) is 0 Å². The Morgan fingerprint density at radius 2 is 1.89 bits per heavy atom. The fourth-order valence-corrected chi connectivity index (χ4v) is 3.77. The molecule has 104 valence electrons. The molecule has 4 atom stereocenters. The Labute approximate surface area is 111 Å². The van der Waals surface area contributed by atoms with Crippen LogP contribution >= 0.6 is 0 Å². The Morgan fingerprint density at radius 1 is 1.17 bits per heavy atom. The van der Waals surface area contributed by atoms with Crippen LogP contribution in [0.3, 0.4) is 0 Å². The summed E-state index contributed by atoms with van der Waals surface area (Å²) >= 11 is 0. The predicted molar refractivity (Wildman–Crippen MR) is 73.5 cm³/mol. The first-order valence-electron chi connectivity index (χ1n) is 7.89. The van der Waals surface area contributed by atoms with Gasteiger partial charge in [0, 0.05) is 6.42 Å². The monoisotopic (exact) mass is 252 g/mol. The number of rotatable bonds is 5. The first-order chi connectivity index (χ1) is 8.70. The quantitative estimate of drug-likeness (QED) is 0.735. The standard InChI is InChI=1S/C16H28O2/c1-3-6-16(17)12(2)18-15-10-9-13-7-4-5-8-14(13)11-15/h12-15H,3-11H2,1-2H3. The van der Waals surface area contributed by atoms with Gasteiger partial charge in [-0.1, -0.05) is 32.6 Å². The summed E-state index contributed by atoms with van der Waals surface area (Å²) in [4.78, 5) is 11.8. The number of ether oxygens (including phenoxy) is 1. The zero-order valence-electron chi connectivity index (χ0n) is 12.0. The molecule has 2 saturated carbocycles. The van der Waals surface area contributed by atoms with E-state index in [0.717, 1.165) is 18.3 Å². The summed E-state index contributed by atoms with van der Waals surface area (Å²) in [5, 5.41) is 0. The van der Waals surface area contributed by atoms with Gasteiger partial charge in [0.15, 0.2) is 5.78 Å². The van der Waals surface area contributed by atoms with Crippen LogP contribution < -0.4 is 0 Å². The minimum absolute atomic E-state index is 0.185. The largest absolute Gasteiger partial charge is 0.368 e. The lowest BCUT2D eigenvalue weighted by Gasteiger charge is -2.39. The number of hydrogen-bond acceptors (Lipinski definition) is 2. The van der Waals surface area contributed by atoms with E-state index >= 15 is 0 Å². The van der Waals surface area contributed by atoms with Crippen LogP contribution in [0.2, 0.25) is 0 Å². The Hall–Kier alpha value is -0.370. The van der Waals surface area contributed by atoms with Crippen molar-refractivity contribution in [2.75, 3.05) is 0 Å². The number of Topliss-reactive ketones (excluding diaryl/α,β-unsaturated/α-hetero) is 1. The summed E-state index contributed by atoms with van der Waals surface area (Å²) < 4.78 is 6.01. The van der Waals surface area contributed by atoms with Crippen LogP contribution in [0.25, 0.3) is 0 Å². The second-order valence-electron chi connectivity index (χ2n) is 6.23. The molecule has 0 aromatic rings. The van der Waals surface area contributed by atoms with Crippen LogP contribution in [0.5, 0.6) is 0 Å². The smallest absolute Gasteiger partial charge is 0.161 e. The van der Waals surface area contributed by atoms with E-state index in [2.05, 4.69) is 6.92 Å².